The van der Waals surface area contributed by atoms with E-state index in [1.165, 1.54) is 13.8 Å². The first-order chi connectivity index (χ1) is 17.7. The number of ether oxygens (including phenoxy) is 1. The summed E-state index contributed by atoms with van der Waals surface area (Å²) in [6.07, 6.45) is 4.51. The van der Waals surface area contributed by atoms with Gasteiger partial charge >= 0.3 is 5.97 Å². The fourth-order valence-electron chi connectivity index (χ4n) is 4.06. The van der Waals surface area contributed by atoms with Crippen LogP contribution in [0.15, 0.2) is 85.1 Å². The lowest BCUT2D eigenvalue weighted by atomic mass is 10.1. The molecular weight excluding hydrogens is 464 g/mol. The third-order valence-electron chi connectivity index (χ3n) is 6.26. The lowest BCUT2D eigenvalue weighted by Gasteiger charge is -2.21. The van der Waals surface area contributed by atoms with Crippen LogP contribution < -0.4 is 4.74 Å². The zero-order valence-electron chi connectivity index (χ0n) is 21.5. The molecular formula is C31H32N2O4. The Hall–Kier alpha value is -4.19. The predicted molar refractivity (Wildman–Crippen MR) is 144 cm³/mol. The minimum atomic E-state index is -1.29. The number of nitrogens with zero attached hydrogens (tertiary/aromatic N) is 2. The van der Waals surface area contributed by atoms with Crippen LogP contribution in [-0.2, 0) is 17.8 Å². The summed E-state index contributed by atoms with van der Waals surface area (Å²) >= 11 is 0. The van der Waals surface area contributed by atoms with Gasteiger partial charge in [-0.2, -0.15) is 0 Å². The van der Waals surface area contributed by atoms with E-state index < -0.39 is 11.6 Å². The van der Waals surface area contributed by atoms with Crippen molar-refractivity contribution in [2.75, 3.05) is 0 Å². The number of imidazole rings is 1. The van der Waals surface area contributed by atoms with Crippen LogP contribution >= 0.6 is 0 Å². The van der Waals surface area contributed by atoms with E-state index in [0.717, 1.165) is 41.6 Å². The molecule has 0 aliphatic carbocycles. The van der Waals surface area contributed by atoms with Crippen LogP contribution in [0, 0.1) is 6.92 Å². The van der Waals surface area contributed by atoms with Crippen LogP contribution in [0.4, 0.5) is 0 Å². The Balaban J connectivity index is 1.46. The summed E-state index contributed by atoms with van der Waals surface area (Å²) in [6.45, 7) is 5.73. The zero-order chi connectivity index (χ0) is 26.4. The first-order valence-corrected chi connectivity index (χ1v) is 12.5. The topological polar surface area (TPSA) is 81.4 Å². The molecule has 4 rings (SSSR count). The van der Waals surface area contributed by atoms with Crippen molar-refractivity contribution >= 4 is 11.8 Å². The Morgan fingerprint density at radius 2 is 1.68 bits per heavy atom. The minimum absolute atomic E-state index is 0.0897. The molecule has 0 radical (unpaired) electrons. The molecule has 1 N–H and O–H groups in total. The van der Waals surface area contributed by atoms with Gasteiger partial charge in [0.2, 0.25) is 5.78 Å². The second-order valence-corrected chi connectivity index (χ2v) is 9.73. The first kappa shape index (κ1) is 25.9. The van der Waals surface area contributed by atoms with Crippen LogP contribution in [-0.4, -0.2) is 32.0 Å². The lowest BCUT2D eigenvalue weighted by Crippen LogP contribution is -2.37. The lowest BCUT2D eigenvalue weighted by molar-refractivity contribution is -0.152. The van der Waals surface area contributed by atoms with E-state index in [9.17, 15) is 14.7 Å². The second-order valence-electron chi connectivity index (χ2n) is 9.73. The first-order valence-electron chi connectivity index (χ1n) is 12.5. The number of hydrogen-bond acceptors (Lipinski definition) is 4. The second kappa shape index (κ2) is 11.2. The van der Waals surface area contributed by atoms with Crippen LogP contribution in [0.3, 0.4) is 0 Å². The van der Waals surface area contributed by atoms with Crippen molar-refractivity contribution in [3.8, 4) is 17.0 Å². The van der Waals surface area contributed by atoms with Crippen LogP contribution in [0.25, 0.3) is 11.3 Å². The fraction of sp³-hybridized carbons (Fsp3) is 0.258. The van der Waals surface area contributed by atoms with Crippen LogP contribution in [0.5, 0.6) is 5.75 Å². The number of rotatable bonds is 11. The van der Waals surface area contributed by atoms with Gasteiger partial charge in [-0.15, -0.1) is 0 Å². The standard InChI is InChI=1S/C31H32N2O4/c1-22-15-17-25(18-16-22)28(34)29-32-27(24-12-5-4-6-13-24)21-33(29)19-8-7-10-23-11-9-14-26(20-23)37-31(2,3)30(35)36/h4-6,9,11-18,20-21H,7-8,10,19H2,1-3H3,(H,35,36). The molecule has 0 saturated carbocycles. The van der Waals surface area contributed by atoms with E-state index in [1.54, 1.807) is 6.07 Å². The average molecular weight is 497 g/mol. The zero-order valence-corrected chi connectivity index (χ0v) is 21.5. The number of benzene rings is 3. The number of aromatic nitrogens is 2. The molecule has 1 aromatic heterocycles. The molecule has 1 heterocycles. The highest BCUT2D eigenvalue weighted by Gasteiger charge is 2.29. The summed E-state index contributed by atoms with van der Waals surface area (Å²) in [6, 6.07) is 25.0. The fourth-order valence-corrected chi connectivity index (χ4v) is 4.06. The maximum absolute atomic E-state index is 13.3. The molecule has 190 valence electrons. The monoisotopic (exact) mass is 496 g/mol. The Morgan fingerprint density at radius 1 is 0.946 bits per heavy atom. The number of ketones is 1. The highest BCUT2D eigenvalue weighted by molar-refractivity contribution is 6.07. The van der Waals surface area contributed by atoms with E-state index in [1.807, 2.05) is 90.5 Å². The number of unbranched alkanes of at least 4 members (excludes halogenated alkanes) is 1. The SMILES string of the molecule is Cc1ccc(C(=O)c2nc(-c3ccccc3)cn2CCCCc2cccc(OC(C)(C)C(=O)O)c2)cc1. The normalized spacial score (nSPS) is 11.3. The van der Waals surface area contributed by atoms with Crippen molar-refractivity contribution in [2.24, 2.45) is 0 Å². The average Bonchev–Trinajstić information content (AvgIpc) is 3.31. The van der Waals surface area contributed by atoms with Crippen LogP contribution in [0.1, 0.15) is 54.0 Å². The molecule has 0 bridgehead atoms. The maximum atomic E-state index is 13.3. The van der Waals surface area contributed by atoms with Crippen molar-refractivity contribution in [1.82, 2.24) is 9.55 Å². The van der Waals surface area contributed by atoms with Gasteiger partial charge in [0, 0.05) is 23.9 Å². The molecule has 0 fully saturated rings. The van der Waals surface area contributed by atoms with E-state index in [0.29, 0.717) is 23.7 Å². The number of carboxylic acid groups (broad SMARTS) is 1. The highest BCUT2D eigenvalue weighted by atomic mass is 16.5. The van der Waals surface area contributed by atoms with Gasteiger partial charge in [-0.25, -0.2) is 9.78 Å². The molecule has 3 aromatic carbocycles. The maximum Gasteiger partial charge on any atom is 0.347 e. The van der Waals surface area contributed by atoms with Crippen molar-refractivity contribution in [1.29, 1.82) is 0 Å². The summed E-state index contributed by atoms with van der Waals surface area (Å²) in [5, 5.41) is 9.32. The summed E-state index contributed by atoms with van der Waals surface area (Å²) in [4.78, 5) is 29.4. The van der Waals surface area contributed by atoms with E-state index in [2.05, 4.69) is 0 Å². The van der Waals surface area contributed by atoms with Gasteiger partial charge in [-0.05, 0) is 57.7 Å². The van der Waals surface area contributed by atoms with Crippen molar-refractivity contribution in [2.45, 2.75) is 52.2 Å². The molecule has 37 heavy (non-hydrogen) atoms. The molecule has 0 spiro atoms. The van der Waals surface area contributed by atoms with Gasteiger partial charge in [0.1, 0.15) is 5.75 Å². The number of aryl methyl sites for hydroxylation is 3. The number of carbonyl (C=O) groups is 2. The van der Waals surface area contributed by atoms with Crippen molar-refractivity contribution < 1.29 is 19.4 Å². The molecule has 6 nitrogen and oxygen atoms in total. The molecule has 0 saturated heterocycles. The van der Waals surface area contributed by atoms with E-state index >= 15 is 0 Å². The van der Waals surface area contributed by atoms with Gasteiger partial charge < -0.3 is 14.4 Å². The predicted octanol–water partition coefficient (Wildman–Crippen LogP) is 6.35. The summed E-state index contributed by atoms with van der Waals surface area (Å²) < 4.78 is 7.62. The van der Waals surface area contributed by atoms with E-state index in [-0.39, 0.29) is 5.78 Å². The number of carbonyl (C=O) groups excluding carboxylic acids is 1. The summed E-state index contributed by atoms with van der Waals surface area (Å²) in [7, 11) is 0. The quantitative estimate of drug-likeness (QED) is 0.193. The largest absolute Gasteiger partial charge is 0.478 e. The molecule has 0 atom stereocenters. The third kappa shape index (κ3) is 6.53. The molecule has 0 unspecified atom stereocenters. The molecule has 6 heteroatoms. The van der Waals surface area contributed by atoms with Crippen molar-refractivity contribution in [3.63, 3.8) is 0 Å². The minimum Gasteiger partial charge on any atom is -0.478 e. The Labute approximate surface area is 217 Å². The van der Waals surface area contributed by atoms with Crippen LogP contribution in [0.2, 0.25) is 0 Å². The van der Waals surface area contributed by atoms with Gasteiger partial charge in [0.25, 0.3) is 0 Å². The summed E-state index contributed by atoms with van der Waals surface area (Å²) in [5.74, 6) is -0.121. The Kier molecular flexibility index (Phi) is 7.87. The third-order valence-corrected chi connectivity index (χ3v) is 6.26. The number of carboxylic acids is 1. The van der Waals surface area contributed by atoms with Crippen molar-refractivity contribution in [3.05, 3.63) is 108 Å². The summed E-state index contributed by atoms with van der Waals surface area (Å²) in [5.41, 5.74) is 3.26. The molecule has 0 aliphatic heterocycles. The van der Waals surface area contributed by atoms with Gasteiger partial charge in [0.15, 0.2) is 11.4 Å². The molecule has 0 aliphatic rings. The Morgan fingerprint density at radius 3 is 2.38 bits per heavy atom. The number of aliphatic carboxylic acids is 1. The van der Waals surface area contributed by atoms with E-state index in [4.69, 9.17) is 9.72 Å². The molecule has 0 amide bonds. The molecule has 4 aromatic rings. The van der Waals surface area contributed by atoms with Gasteiger partial charge in [-0.3, -0.25) is 4.79 Å². The Bertz CT molecular complexity index is 1370. The highest BCUT2D eigenvalue weighted by Crippen LogP contribution is 2.23. The number of hydrogen-bond donors (Lipinski definition) is 1. The smallest absolute Gasteiger partial charge is 0.347 e. The van der Waals surface area contributed by atoms with Gasteiger partial charge in [-0.1, -0.05) is 72.3 Å². The van der Waals surface area contributed by atoms with Gasteiger partial charge in [0.05, 0.1) is 5.69 Å².